The molecular weight excluding hydrogens is 330 g/mol. The van der Waals surface area contributed by atoms with E-state index in [1.807, 2.05) is 6.92 Å². The van der Waals surface area contributed by atoms with E-state index in [2.05, 4.69) is 10.1 Å². The van der Waals surface area contributed by atoms with E-state index in [-0.39, 0.29) is 24.1 Å². The molecule has 1 aliphatic carbocycles. The molecule has 1 fully saturated rings. The molecular formula is C16H21N3O4S. The molecule has 0 unspecified atom stereocenters. The van der Waals surface area contributed by atoms with Crippen LogP contribution >= 0.6 is 11.3 Å². The summed E-state index contributed by atoms with van der Waals surface area (Å²) in [6.45, 7) is 2.87. The van der Waals surface area contributed by atoms with Gasteiger partial charge in [-0.1, -0.05) is 30.6 Å². The fraction of sp³-hybridized carbons (Fsp3) is 0.625. The summed E-state index contributed by atoms with van der Waals surface area (Å²) in [6.07, 6.45) is 5.13. The van der Waals surface area contributed by atoms with Gasteiger partial charge in [0.1, 0.15) is 18.2 Å². The average Bonchev–Trinajstić information content (AvgIpc) is 3.02. The lowest BCUT2D eigenvalue weighted by Crippen LogP contribution is -2.21. The van der Waals surface area contributed by atoms with Crippen molar-refractivity contribution in [2.45, 2.75) is 52.2 Å². The van der Waals surface area contributed by atoms with Gasteiger partial charge >= 0.3 is 5.97 Å². The number of rotatable bonds is 6. The summed E-state index contributed by atoms with van der Waals surface area (Å²) in [4.78, 5) is 29.1. The number of nitrogens with zero attached hydrogens (tertiary/aromatic N) is 3. The van der Waals surface area contributed by atoms with Gasteiger partial charge in [-0.3, -0.25) is 9.59 Å². The highest BCUT2D eigenvalue weighted by atomic mass is 32.1. The molecule has 3 rings (SSSR count). The Balaban J connectivity index is 1.68. The van der Waals surface area contributed by atoms with Crippen LogP contribution in [0.4, 0.5) is 0 Å². The monoisotopic (exact) mass is 351 g/mol. The number of aromatic nitrogens is 3. The molecule has 24 heavy (non-hydrogen) atoms. The van der Waals surface area contributed by atoms with Gasteiger partial charge in [-0.2, -0.15) is 9.61 Å². The first-order valence-electron chi connectivity index (χ1n) is 8.30. The molecule has 0 aliphatic heterocycles. The largest absolute Gasteiger partial charge is 0.459 e. The molecule has 0 amide bonds. The molecule has 0 radical (unpaired) electrons. The number of carbonyl (C=O) groups is 1. The second kappa shape index (κ2) is 7.85. The summed E-state index contributed by atoms with van der Waals surface area (Å²) >= 11 is 1.30. The van der Waals surface area contributed by atoms with Crippen molar-refractivity contribution in [1.82, 2.24) is 14.6 Å². The Labute approximate surface area is 143 Å². The van der Waals surface area contributed by atoms with E-state index in [1.165, 1.54) is 28.3 Å². The lowest BCUT2D eigenvalue weighted by atomic mass is 9.89. The first-order valence-corrected chi connectivity index (χ1v) is 9.12. The predicted octanol–water partition coefficient (Wildman–Crippen LogP) is 2.31. The molecule has 1 saturated carbocycles. The first-order chi connectivity index (χ1) is 11.7. The number of hydrogen-bond donors (Lipinski definition) is 0. The van der Waals surface area contributed by atoms with Gasteiger partial charge < -0.3 is 9.47 Å². The highest BCUT2D eigenvalue weighted by Crippen LogP contribution is 2.25. The van der Waals surface area contributed by atoms with Crippen LogP contribution in [-0.4, -0.2) is 27.2 Å². The maximum absolute atomic E-state index is 12.1. The minimum absolute atomic E-state index is 0.00947. The second-order valence-corrected chi connectivity index (χ2v) is 6.90. The molecule has 2 aromatic heterocycles. The number of ether oxygens (including phenoxy) is 2. The molecule has 7 nitrogen and oxygen atoms in total. The van der Waals surface area contributed by atoms with Gasteiger partial charge in [0.15, 0.2) is 0 Å². The van der Waals surface area contributed by atoms with Crippen LogP contribution in [0, 0.1) is 5.92 Å². The zero-order valence-corrected chi connectivity index (χ0v) is 14.5. The summed E-state index contributed by atoms with van der Waals surface area (Å²) in [5.41, 5.74) is 0.179. The van der Waals surface area contributed by atoms with Crippen molar-refractivity contribution in [1.29, 1.82) is 0 Å². The first kappa shape index (κ1) is 17.0. The minimum Gasteiger partial charge on any atom is -0.459 e. The van der Waals surface area contributed by atoms with Crippen LogP contribution in [0.3, 0.4) is 0 Å². The van der Waals surface area contributed by atoms with Crippen LogP contribution < -0.4 is 5.56 Å². The van der Waals surface area contributed by atoms with Crippen molar-refractivity contribution in [2.75, 3.05) is 6.61 Å². The molecule has 0 aromatic carbocycles. The van der Waals surface area contributed by atoms with Crippen molar-refractivity contribution in [3.8, 4) is 0 Å². The number of hydrogen-bond acceptors (Lipinski definition) is 7. The average molecular weight is 351 g/mol. The van der Waals surface area contributed by atoms with Crippen molar-refractivity contribution in [3.05, 3.63) is 27.1 Å². The van der Waals surface area contributed by atoms with Crippen molar-refractivity contribution in [2.24, 2.45) is 5.92 Å². The van der Waals surface area contributed by atoms with Crippen LogP contribution in [0.1, 0.15) is 49.7 Å². The van der Waals surface area contributed by atoms with Crippen LogP contribution in [-0.2, 0) is 27.5 Å². The topological polar surface area (TPSA) is 82.8 Å². The Morgan fingerprint density at radius 1 is 1.33 bits per heavy atom. The van der Waals surface area contributed by atoms with Gasteiger partial charge in [0, 0.05) is 12.7 Å². The SMILES string of the molecule is CCOCc1nn2c(=O)cc(COC(=O)C3CCCCC3)nc2s1. The number of fused-ring (bicyclic) bond motifs is 1. The summed E-state index contributed by atoms with van der Waals surface area (Å²) in [7, 11) is 0. The normalized spacial score (nSPS) is 15.7. The Morgan fingerprint density at radius 2 is 2.12 bits per heavy atom. The number of esters is 1. The van der Waals surface area contributed by atoms with Crippen LogP contribution in [0.15, 0.2) is 10.9 Å². The van der Waals surface area contributed by atoms with E-state index in [0.29, 0.717) is 28.9 Å². The van der Waals surface area contributed by atoms with E-state index < -0.39 is 0 Å². The van der Waals surface area contributed by atoms with E-state index in [4.69, 9.17) is 9.47 Å². The summed E-state index contributed by atoms with van der Waals surface area (Å²) < 4.78 is 11.9. The van der Waals surface area contributed by atoms with E-state index in [1.54, 1.807) is 0 Å². The van der Waals surface area contributed by atoms with Crippen LogP contribution in [0.5, 0.6) is 0 Å². The summed E-state index contributed by atoms with van der Waals surface area (Å²) in [5.74, 6) is -0.192. The Hall–Kier alpha value is -1.80. The van der Waals surface area contributed by atoms with Gasteiger partial charge in [0.05, 0.1) is 11.6 Å². The van der Waals surface area contributed by atoms with Crippen molar-refractivity contribution >= 4 is 22.3 Å². The second-order valence-electron chi connectivity index (χ2n) is 5.86. The molecule has 0 N–H and O–H groups in total. The molecule has 0 saturated heterocycles. The van der Waals surface area contributed by atoms with Crippen LogP contribution in [0.2, 0.25) is 0 Å². The molecule has 0 bridgehead atoms. The van der Waals surface area contributed by atoms with E-state index in [0.717, 1.165) is 25.7 Å². The minimum atomic E-state index is -0.275. The zero-order valence-electron chi connectivity index (χ0n) is 13.7. The van der Waals surface area contributed by atoms with Crippen LogP contribution in [0.25, 0.3) is 4.96 Å². The molecule has 0 atom stereocenters. The Bertz CT molecular complexity index is 764. The third-order valence-electron chi connectivity index (χ3n) is 4.07. The van der Waals surface area contributed by atoms with Gasteiger partial charge in [0.25, 0.3) is 5.56 Å². The third-order valence-corrected chi connectivity index (χ3v) is 4.95. The maximum Gasteiger partial charge on any atom is 0.309 e. The zero-order chi connectivity index (χ0) is 16.9. The summed E-state index contributed by atoms with van der Waals surface area (Å²) in [6, 6.07) is 1.37. The molecule has 8 heteroatoms. The lowest BCUT2D eigenvalue weighted by Gasteiger charge is -2.19. The Kier molecular flexibility index (Phi) is 5.57. The molecule has 1 aliphatic rings. The highest BCUT2D eigenvalue weighted by molar-refractivity contribution is 7.16. The highest BCUT2D eigenvalue weighted by Gasteiger charge is 2.22. The summed E-state index contributed by atoms with van der Waals surface area (Å²) in [5, 5.41) is 4.88. The van der Waals surface area contributed by atoms with Gasteiger partial charge in [-0.15, -0.1) is 0 Å². The fourth-order valence-corrected chi connectivity index (χ4v) is 3.67. The van der Waals surface area contributed by atoms with Crippen molar-refractivity contribution in [3.63, 3.8) is 0 Å². The van der Waals surface area contributed by atoms with Crippen molar-refractivity contribution < 1.29 is 14.3 Å². The smallest absolute Gasteiger partial charge is 0.309 e. The van der Waals surface area contributed by atoms with E-state index >= 15 is 0 Å². The maximum atomic E-state index is 12.1. The van der Waals surface area contributed by atoms with Gasteiger partial charge in [-0.05, 0) is 19.8 Å². The number of carbonyl (C=O) groups excluding carboxylic acids is 1. The molecule has 2 aromatic rings. The Morgan fingerprint density at radius 3 is 2.88 bits per heavy atom. The van der Waals surface area contributed by atoms with Gasteiger partial charge in [0.2, 0.25) is 4.96 Å². The quantitative estimate of drug-likeness (QED) is 0.743. The van der Waals surface area contributed by atoms with Gasteiger partial charge in [-0.25, -0.2) is 4.98 Å². The fourth-order valence-electron chi connectivity index (χ4n) is 2.82. The predicted molar refractivity (Wildman–Crippen MR) is 88.8 cm³/mol. The molecule has 0 spiro atoms. The molecule has 130 valence electrons. The molecule has 2 heterocycles. The lowest BCUT2D eigenvalue weighted by molar-refractivity contribution is -0.151. The third kappa shape index (κ3) is 3.99. The van der Waals surface area contributed by atoms with E-state index in [9.17, 15) is 9.59 Å². The standard InChI is InChI=1S/C16H21N3O4S/c1-2-22-10-13-18-19-14(20)8-12(17-16(19)24-13)9-23-15(21)11-6-4-3-5-7-11/h8,11H,2-7,9-10H2,1H3.